The van der Waals surface area contributed by atoms with E-state index < -0.39 is 0 Å². The Morgan fingerprint density at radius 3 is 1.54 bits per heavy atom. The normalized spacial score (nSPS) is 21.0. The summed E-state index contributed by atoms with van der Waals surface area (Å²) < 4.78 is 0. The molecule has 1 aliphatic rings. The molecule has 0 amide bonds. The van der Waals surface area contributed by atoms with Crippen LogP contribution in [0.1, 0.15) is 40.8 Å². The van der Waals surface area contributed by atoms with Crippen LogP contribution in [0.15, 0.2) is 84.9 Å². The van der Waals surface area contributed by atoms with Crippen LogP contribution in [-0.2, 0) is 0 Å². The van der Waals surface area contributed by atoms with E-state index in [4.69, 9.17) is 0 Å². The van der Waals surface area contributed by atoms with E-state index in [0.29, 0.717) is 11.3 Å². The van der Waals surface area contributed by atoms with Gasteiger partial charge in [-0.3, -0.25) is 0 Å². The van der Waals surface area contributed by atoms with Gasteiger partial charge in [0.05, 0.1) is 0 Å². The van der Waals surface area contributed by atoms with Crippen LogP contribution >= 0.6 is 7.92 Å². The molecule has 24 heavy (non-hydrogen) atoms. The highest BCUT2D eigenvalue weighted by atomic mass is 31.1. The number of aryl methyl sites for hydroxylation is 1. The molecule has 0 aromatic heterocycles. The molecule has 1 saturated heterocycles. The van der Waals surface area contributed by atoms with Gasteiger partial charge in [0, 0.05) is 11.3 Å². The molecule has 0 unspecified atom stereocenters. The predicted octanol–water partition coefficient (Wildman–Crippen LogP) is 6.38. The molecule has 4 rings (SSSR count). The van der Waals surface area contributed by atoms with Crippen molar-refractivity contribution in [1.29, 1.82) is 0 Å². The molecule has 1 aliphatic heterocycles. The van der Waals surface area contributed by atoms with Crippen LogP contribution in [0.5, 0.6) is 0 Å². The fourth-order valence-electron chi connectivity index (χ4n) is 3.89. The van der Waals surface area contributed by atoms with Crippen molar-refractivity contribution < 1.29 is 0 Å². The van der Waals surface area contributed by atoms with Crippen molar-refractivity contribution in [2.45, 2.75) is 31.1 Å². The lowest BCUT2D eigenvalue weighted by Gasteiger charge is -2.27. The quantitative estimate of drug-likeness (QED) is 0.489. The van der Waals surface area contributed by atoms with E-state index in [1.807, 2.05) is 0 Å². The Labute approximate surface area is 146 Å². The third kappa shape index (κ3) is 3.04. The summed E-state index contributed by atoms with van der Waals surface area (Å²) in [4.78, 5) is 0. The molecule has 0 spiro atoms. The molecule has 0 N–H and O–H groups in total. The summed E-state index contributed by atoms with van der Waals surface area (Å²) in [6.45, 7) is 2.18. The Morgan fingerprint density at radius 1 is 0.625 bits per heavy atom. The van der Waals surface area contributed by atoms with Crippen molar-refractivity contribution in [3.63, 3.8) is 0 Å². The van der Waals surface area contributed by atoms with Crippen LogP contribution in [0.2, 0.25) is 0 Å². The van der Waals surface area contributed by atoms with Crippen LogP contribution in [0.3, 0.4) is 0 Å². The number of hydrogen-bond acceptors (Lipinski definition) is 0. The molecule has 120 valence electrons. The summed E-state index contributed by atoms with van der Waals surface area (Å²) in [5.41, 5.74) is 5.73. The molecule has 0 nitrogen and oxygen atoms in total. The summed E-state index contributed by atoms with van der Waals surface area (Å²) in [5.74, 6) is 0. The number of hydrogen-bond donors (Lipinski definition) is 0. The SMILES string of the molecule is Cc1ccc(P2[C@H](c3ccccc3)CC[C@H]2c2ccccc2)cc1. The van der Waals surface area contributed by atoms with E-state index in [9.17, 15) is 0 Å². The van der Waals surface area contributed by atoms with Crippen molar-refractivity contribution in [3.05, 3.63) is 102 Å². The third-order valence-corrected chi connectivity index (χ3v) is 8.44. The summed E-state index contributed by atoms with van der Waals surface area (Å²) in [5, 5.41) is 1.55. The van der Waals surface area contributed by atoms with E-state index in [1.165, 1.54) is 29.5 Å². The molecular formula is C23H23P. The van der Waals surface area contributed by atoms with Gasteiger partial charge in [-0.25, -0.2) is 0 Å². The molecule has 0 bridgehead atoms. The molecule has 2 atom stereocenters. The van der Waals surface area contributed by atoms with Crippen molar-refractivity contribution in [3.8, 4) is 0 Å². The van der Waals surface area contributed by atoms with Gasteiger partial charge in [-0.05, 0) is 36.2 Å². The van der Waals surface area contributed by atoms with Gasteiger partial charge < -0.3 is 0 Å². The predicted molar refractivity (Wildman–Crippen MR) is 105 cm³/mol. The largest absolute Gasteiger partial charge is 0.0622 e. The molecule has 0 saturated carbocycles. The van der Waals surface area contributed by atoms with Gasteiger partial charge in [0.2, 0.25) is 0 Å². The highest BCUT2D eigenvalue weighted by Crippen LogP contribution is 2.69. The van der Waals surface area contributed by atoms with Gasteiger partial charge in [-0.2, -0.15) is 0 Å². The second kappa shape index (κ2) is 6.91. The van der Waals surface area contributed by atoms with Gasteiger partial charge in [0.15, 0.2) is 0 Å². The maximum absolute atomic E-state index is 2.37. The van der Waals surface area contributed by atoms with Crippen LogP contribution in [0.25, 0.3) is 0 Å². The summed E-state index contributed by atoms with van der Waals surface area (Å²) in [6, 6.07) is 31.6. The van der Waals surface area contributed by atoms with E-state index in [0.717, 1.165) is 0 Å². The molecule has 0 aliphatic carbocycles. The highest BCUT2D eigenvalue weighted by Gasteiger charge is 2.38. The topological polar surface area (TPSA) is 0 Å². The minimum absolute atomic E-state index is 0.232. The summed E-state index contributed by atoms with van der Waals surface area (Å²) in [6.07, 6.45) is 2.59. The van der Waals surface area contributed by atoms with Crippen molar-refractivity contribution in [2.24, 2.45) is 0 Å². The smallest absolute Gasteiger partial charge is 0.00877 e. The minimum atomic E-state index is -0.232. The van der Waals surface area contributed by atoms with Crippen LogP contribution in [-0.4, -0.2) is 0 Å². The Kier molecular flexibility index (Phi) is 4.50. The van der Waals surface area contributed by atoms with Crippen molar-refractivity contribution in [1.82, 2.24) is 0 Å². The van der Waals surface area contributed by atoms with Gasteiger partial charge >= 0.3 is 0 Å². The van der Waals surface area contributed by atoms with E-state index >= 15 is 0 Å². The average Bonchev–Trinajstić information content (AvgIpc) is 3.09. The molecule has 3 aromatic carbocycles. The van der Waals surface area contributed by atoms with Gasteiger partial charge in [0.1, 0.15) is 0 Å². The lowest BCUT2D eigenvalue weighted by Crippen LogP contribution is -2.07. The minimum Gasteiger partial charge on any atom is -0.0622 e. The Morgan fingerprint density at radius 2 is 1.08 bits per heavy atom. The summed E-state index contributed by atoms with van der Waals surface area (Å²) in [7, 11) is -0.232. The second-order valence-electron chi connectivity index (χ2n) is 6.67. The Hall–Kier alpha value is -1.91. The molecule has 1 heterocycles. The first kappa shape index (κ1) is 15.6. The number of benzene rings is 3. The second-order valence-corrected chi connectivity index (χ2v) is 9.25. The van der Waals surface area contributed by atoms with Gasteiger partial charge in [-0.15, -0.1) is 0 Å². The maximum Gasteiger partial charge on any atom is 0.00877 e. The fraction of sp³-hybridized carbons (Fsp3) is 0.217. The monoisotopic (exact) mass is 330 g/mol. The highest BCUT2D eigenvalue weighted by molar-refractivity contribution is 7.66. The first-order chi connectivity index (χ1) is 11.8. The van der Waals surface area contributed by atoms with Gasteiger partial charge in [-0.1, -0.05) is 98.4 Å². The lowest BCUT2D eigenvalue weighted by molar-refractivity contribution is 0.765. The average molecular weight is 330 g/mol. The Balaban J connectivity index is 1.77. The molecule has 1 heteroatoms. The molecule has 0 radical (unpaired) electrons. The maximum atomic E-state index is 2.37. The molecular weight excluding hydrogens is 307 g/mol. The zero-order valence-electron chi connectivity index (χ0n) is 14.1. The summed E-state index contributed by atoms with van der Waals surface area (Å²) >= 11 is 0. The fourth-order valence-corrected chi connectivity index (χ4v) is 7.38. The first-order valence-corrected chi connectivity index (χ1v) is 10.3. The molecule has 3 aromatic rings. The van der Waals surface area contributed by atoms with E-state index in [-0.39, 0.29) is 7.92 Å². The standard InChI is InChI=1S/C23H23P/c1-18-12-14-21(15-13-18)24-22(19-8-4-2-5-9-19)16-17-23(24)20-10-6-3-7-11-20/h2-15,22-23H,16-17H2,1H3/t22-,23-/m0/s1. The van der Waals surface area contributed by atoms with Crippen LogP contribution < -0.4 is 5.30 Å². The van der Waals surface area contributed by atoms with Crippen molar-refractivity contribution >= 4 is 13.2 Å². The number of rotatable bonds is 3. The molecule has 1 fully saturated rings. The Bertz CT molecular complexity index is 730. The van der Waals surface area contributed by atoms with E-state index in [1.54, 1.807) is 5.30 Å². The zero-order valence-corrected chi connectivity index (χ0v) is 15.0. The first-order valence-electron chi connectivity index (χ1n) is 8.78. The van der Waals surface area contributed by atoms with Crippen LogP contribution in [0.4, 0.5) is 0 Å². The van der Waals surface area contributed by atoms with Crippen molar-refractivity contribution in [2.75, 3.05) is 0 Å². The van der Waals surface area contributed by atoms with Crippen LogP contribution in [0, 0.1) is 6.92 Å². The van der Waals surface area contributed by atoms with Gasteiger partial charge in [0.25, 0.3) is 0 Å². The third-order valence-electron chi connectivity index (χ3n) is 5.09. The zero-order chi connectivity index (χ0) is 16.4. The van der Waals surface area contributed by atoms with E-state index in [2.05, 4.69) is 91.9 Å². The lowest BCUT2D eigenvalue weighted by atomic mass is 10.0.